The largest absolute Gasteiger partial charge is 0.416 e. The van der Waals surface area contributed by atoms with E-state index in [1.165, 1.54) is 12.1 Å². The summed E-state index contributed by atoms with van der Waals surface area (Å²) in [6.07, 6.45) is -3.21. The summed E-state index contributed by atoms with van der Waals surface area (Å²) >= 11 is 0. The maximum Gasteiger partial charge on any atom is 0.416 e. The van der Waals surface area contributed by atoms with Crippen LogP contribution in [0.1, 0.15) is 30.4 Å². The predicted octanol–water partition coefficient (Wildman–Crippen LogP) is 3.42. The minimum Gasteiger partial charge on any atom is -0.316 e. The molecule has 1 aromatic carbocycles. The van der Waals surface area contributed by atoms with Gasteiger partial charge >= 0.3 is 6.18 Å². The average molecular weight is 243 g/mol. The maximum atomic E-state index is 12.6. The zero-order chi connectivity index (χ0) is 12.5. The molecule has 2 unspecified atom stereocenters. The average Bonchev–Trinajstić information content (AvgIpc) is 2.80. The van der Waals surface area contributed by atoms with Crippen LogP contribution in [0.25, 0.3) is 0 Å². The van der Waals surface area contributed by atoms with Crippen LogP contribution >= 0.6 is 0 Å². The number of rotatable bonds is 2. The molecule has 94 valence electrons. The summed E-state index contributed by atoms with van der Waals surface area (Å²) in [6.45, 7) is 3.87. The molecule has 1 saturated heterocycles. The molecule has 4 heteroatoms. The number of hydrogen-bond acceptors (Lipinski definition) is 1. The number of halogens is 3. The Morgan fingerprint density at radius 1 is 1.35 bits per heavy atom. The molecule has 1 aliphatic rings. The lowest BCUT2D eigenvalue weighted by Crippen LogP contribution is -2.15. The van der Waals surface area contributed by atoms with Gasteiger partial charge in [-0.25, -0.2) is 0 Å². The summed E-state index contributed by atoms with van der Waals surface area (Å²) in [7, 11) is 0. The van der Waals surface area contributed by atoms with Gasteiger partial charge in [0.1, 0.15) is 0 Å². The molecule has 0 radical (unpaired) electrons. The fourth-order valence-electron chi connectivity index (χ4n) is 2.37. The van der Waals surface area contributed by atoms with Gasteiger partial charge in [0.25, 0.3) is 0 Å². The first kappa shape index (κ1) is 12.4. The van der Waals surface area contributed by atoms with E-state index in [1.54, 1.807) is 6.07 Å². The van der Waals surface area contributed by atoms with Crippen molar-refractivity contribution in [3.63, 3.8) is 0 Å². The number of alkyl halides is 3. The van der Waals surface area contributed by atoms with E-state index in [4.69, 9.17) is 0 Å². The van der Waals surface area contributed by atoms with Crippen LogP contribution in [-0.4, -0.2) is 13.1 Å². The quantitative estimate of drug-likeness (QED) is 0.839. The molecule has 0 amide bonds. The van der Waals surface area contributed by atoms with Crippen molar-refractivity contribution in [1.29, 1.82) is 0 Å². The minimum absolute atomic E-state index is 0.173. The van der Waals surface area contributed by atoms with Gasteiger partial charge in [0.05, 0.1) is 5.56 Å². The molecule has 0 saturated carbocycles. The van der Waals surface area contributed by atoms with Crippen LogP contribution in [0.3, 0.4) is 0 Å². The highest BCUT2D eigenvalue weighted by atomic mass is 19.4. The van der Waals surface area contributed by atoms with Crippen molar-refractivity contribution in [3.05, 3.63) is 35.4 Å². The summed E-state index contributed by atoms with van der Waals surface area (Å²) in [5.41, 5.74) is 0.237. The van der Waals surface area contributed by atoms with Crippen molar-refractivity contribution in [2.75, 3.05) is 13.1 Å². The normalized spacial score (nSPS) is 22.7. The van der Waals surface area contributed by atoms with Gasteiger partial charge in [-0.05, 0) is 43.0 Å². The van der Waals surface area contributed by atoms with E-state index in [0.717, 1.165) is 31.1 Å². The molecule has 0 bridgehead atoms. The topological polar surface area (TPSA) is 12.0 Å². The van der Waals surface area contributed by atoms with Gasteiger partial charge in [-0.1, -0.05) is 25.1 Å². The second-order valence-corrected chi connectivity index (χ2v) is 4.66. The first-order valence-electron chi connectivity index (χ1n) is 5.86. The molecular formula is C13H16F3N. The SMILES string of the molecule is CC(c1cccc(C(F)(F)F)c1)C1CCNC1. The van der Waals surface area contributed by atoms with Crippen LogP contribution in [0, 0.1) is 5.92 Å². The summed E-state index contributed by atoms with van der Waals surface area (Å²) in [5, 5.41) is 3.25. The van der Waals surface area contributed by atoms with Crippen LogP contribution in [0.5, 0.6) is 0 Å². The Morgan fingerprint density at radius 3 is 2.71 bits per heavy atom. The van der Waals surface area contributed by atoms with Gasteiger partial charge < -0.3 is 5.32 Å². The van der Waals surface area contributed by atoms with Crippen molar-refractivity contribution in [1.82, 2.24) is 5.32 Å². The van der Waals surface area contributed by atoms with Gasteiger partial charge in [0, 0.05) is 0 Å². The molecule has 2 rings (SSSR count). The Labute approximate surface area is 99.0 Å². The number of benzene rings is 1. The van der Waals surface area contributed by atoms with Gasteiger partial charge in [-0.2, -0.15) is 13.2 Å². The zero-order valence-corrected chi connectivity index (χ0v) is 9.72. The van der Waals surface area contributed by atoms with Crippen molar-refractivity contribution in [3.8, 4) is 0 Å². The smallest absolute Gasteiger partial charge is 0.316 e. The summed E-state index contributed by atoms with van der Waals surface area (Å²) in [6, 6.07) is 5.70. The van der Waals surface area contributed by atoms with Crippen LogP contribution in [0.2, 0.25) is 0 Å². The van der Waals surface area contributed by atoms with E-state index in [1.807, 2.05) is 6.92 Å². The van der Waals surface area contributed by atoms with E-state index < -0.39 is 11.7 Å². The molecule has 1 fully saturated rings. The van der Waals surface area contributed by atoms with Gasteiger partial charge in [-0.15, -0.1) is 0 Å². The van der Waals surface area contributed by atoms with E-state index in [0.29, 0.717) is 5.92 Å². The van der Waals surface area contributed by atoms with Crippen molar-refractivity contribution in [2.24, 2.45) is 5.92 Å². The van der Waals surface area contributed by atoms with Crippen LogP contribution in [0.4, 0.5) is 13.2 Å². The van der Waals surface area contributed by atoms with Crippen molar-refractivity contribution >= 4 is 0 Å². The molecule has 1 aromatic rings. The lowest BCUT2D eigenvalue weighted by atomic mass is 9.86. The third kappa shape index (κ3) is 2.80. The Hall–Kier alpha value is -1.03. The third-order valence-electron chi connectivity index (χ3n) is 3.55. The standard InChI is InChI=1S/C13H16F3N/c1-9(11-5-6-17-8-11)10-3-2-4-12(7-10)13(14,15)16/h2-4,7,9,11,17H,5-6,8H2,1H3. The Morgan fingerprint density at radius 2 is 2.12 bits per heavy atom. The van der Waals surface area contributed by atoms with Gasteiger partial charge in [0.2, 0.25) is 0 Å². The van der Waals surface area contributed by atoms with Crippen molar-refractivity contribution in [2.45, 2.75) is 25.4 Å². The molecule has 0 aliphatic carbocycles. The van der Waals surface area contributed by atoms with Crippen molar-refractivity contribution < 1.29 is 13.2 Å². The highest BCUT2D eigenvalue weighted by Crippen LogP contribution is 2.34. The van der Waals surface area contributed by atoms with E-state index >= 15 is 0 Å². The summed E-state index contributed by atoms with van der Waals surface area (Å²) in [4.78, 5) is 0. The Kier molecular flexibility index (Phi) is 3.43. The maximum absolute atomic E-state index is 12.6. The highest BCUT2D eigenvalue weighted by Gasteiger charge is 2.31. The molecule has 2 atom stereocenters. The molecule has 0 spiro atoms. The monoisotopic (exact) mass is 243 g/mol. The first-order chi connectivity index (χ1) is 7.98. The molecule has 1 N–H and O–H groups in total. The molecule has 0 aromatic heterocycles. The fraction of sp³-hybridized carbons (Fsp3) is 0.538. The van der Waals surface area contributed by atoms with E-state index in [-0.39, 0.29) is 5.92 Å². The van der Waals surface area contributed by atoms with E-state index in [9.17, 15) is 13.2 Å². The molecule has 1 aliphatic heterocycles. The lowest BCUT2D eigenvalue weighted by molar-refractivity contribution is -0.137. The summed E-state index contributed by atoms with van der Waals surface area (Å²) < 4.78 is 37.8. The van der Waals surface area contributed by atoms with Gasteiger partial charge in [-0.3, -0.25) is 0 Å². The van der Waals surface area contributed by atoms with E-state index in [2.05, 4.69) is 5.32 Å². The fourth-order valence-corrected chi connectivity index (χ4v) is 2.37. The van der Waals surface area contributed by atoms with Gasteiger partial charge in [0.15, 0.2) is 0 Å². The molecular weight excluding hydrogens is 227 g/mol. The number of hydrogen-bond donors (Lipinski definition) is 1. The van der Waals surface area contributed by atoms with Crippen LogP contribution in [0.15, 0.2) is 24.3 Å². The first-order valence-corrected chi connectivity index (χ1v) is 5.86. The Bertz CT molecular complexity index is 380. The zero-order valence-electron chi connectivity index (χ0n) is 9.72. The van der Waals surface area contributed by atoms with Crippen LogP contribution in [-0.2, 0) is 6.18 Å². The lowest BCUT2D eigenvalue weighted by Gasteiger charge is -2.19. The molecule has 17 heavy (non-hydrogen) atoms. The second kappa shape index (κ2) is 4.69. The molecule has 1 nitrogen and oxygen atoms in total. The van der Waals surface area contributed by atoms with Crippen LogP contribution < -0.4 is 5.32 Å². The Balaban J connectivity index is 2.20. The predicted molar refractivity (Wildman–Crippen MR) is 60.8 cm³/mol. The minimum atomic E-state index is -4.25. The number of nitrogens with one attached hydrogen (secondary N) is 1. The third-order valence-corrected chi connectivity index (χ3v) is 3.55. The second-order valence-electron chi connectivity index (χ2n) is 4.66. The summed E-state index contributed by atoms with van der Waals surface area (Å²) in [5.74, 6) is 0.616. The highest BCUT2D eigenvalue weighted by molar-refractivity contribution is 5.28. The molecule has 1 heterocycles.